The van der Waals surface area contributed by atoms with Crippen LogP contribution in [0.25, 0.3) is 0 Å². The lowest BCUT2D eigenvalue weighted by atomic mass is 10.0. The molecule has 152 valence electrons. The highest BCUT2D eigenvalue weighted by Gasteiger charge is 2.32. The Morgan fingerprint density at radius 1 is 1.21 bits per heavy atom. The third-order valence-corrected chi connectivity index (χ3v) is 6.11. The summed E-state index contributed by atoms with van der Waals surface area (Å²) in [4.78, 5) is 19.8. The van der Waals surface area contributed by atoms with E-state index in [4.69, 9.17) is 9.47 Å². The normalized spacial score (nSPS) is 26.2. The van der Waals surface area contributed by atoms with Crippen LogP contribution in [0.1, 0.15) is 56.3 Å². The highest BCUT2D eigenvalue weighted by Crippen LogP contribution is 2.40. The lowest BCUT2D eigenvalue weighted by molar-refractivity contribution is -0.132. The maximum atomic E-state index is 13.5. The maximum Gasteiger partial charge on any atom is 0.256 e. The Labute approximate surface area is 171 Å². The molecule has 1 aromatic heterocycles. The first-order valence-electron chi connectivity index (χ1n) is 10.6. The van der Waals surface area contributed by atoms with Crippen LogP contribution >= 0.6 is 0 Å². The van der Waals surface area contributed by atoms with Gasteiger partial charge in [-0.2, -0.15) is 0 Å². The van der Waals surface area contributed by atoms with Crippen LogP contribution in [0.3, 0.4) is 0 Å². The van der Waals surface area contributed by atoms with Crippen molar-refractivity contribution in [3.05, 3.63) is 47.7 Å². The molecule has 2 fully saturated rings. The molecule has 2 aromatic rings. The number of fused-ring (bicyclic) bond motifs is 2. The first kappa shape index (κ1) is 18.6. The number of benzene rings is 1. The minimum Gasteiger partial charge on any atom is -0.371 e. The fourth-order valence-corrected chi connectivity index (χ4v) is 4.49. The van der Waals surface area contributed by atoms with E-state index in [1.54, 1.807) is 6.20 Å². The van der Waals surface area contributed by atoms with E-state index in [1.807, 2.05) is 23.1 Å². The van der Waals surface area contributed by atoms with Gasteiger partial charge in [-0.05, 0) is 62.8 Å². The molecule has 1 aromatic carbocycles. The summed E-state index contributed by atoms with van der Waals surface area (Å²) in [5.74, 6) is 0.828. The second kappa shape index (κ2) is 7.76. The predicted octanol–water partition coefficient (Wildman–Crippen LogP) is 4.48. The molecule has 2 unspecified atom stereocenters. The number of hydrogen-bond acceptors (Lipinski definition) is 5. The topological polar surface area (TPSA) is 63.7 Å². The van der Waals surface area contributed by atoms with Crippen molar-refractivity contribution in [2.75, 3.05) is 16.8 Å². The van der Waals surface area contributed by atoms with Gasteiger partial charge in [-0.25, -0.2) is 4.98 Å². The van der Waals surface area contributed by atoms with Crippen LogP contribution in [0, 0.1) is 0 Å². The molecule has 4 heterocycles. The molecule has 2 saturated heterocycles. The van der Waals surface area contributed by atoms with E-state index in [0.29, 0.717) is 13.2 Å². The largest absolute Gasteiger partial charge is 0.371 e. The van der Waals surface area contributed by atoms with Crippen molar-refractivity contribution in [1.29, 1.82) is 0 Å². The summed E-state index contributed by atoms with van der Waals surface area (Å²) >= 11 is 0. The zero-order valence-electron chi connectivity index (χ0n) is 16.8. The molecule has 0 saturated carbocycles. The Morgan fingerprint density at radius 3 is 2.93 bits per heavy atom. The van der Waals surface area contributed by atoms with Gasteiger partial charge in [-0.15, -0.1) is 0 Å². The Hall–Kier alpha value is -2.44. The quantitative estimate of drug-likeness (QED) is 0.815. The summed E-state index contributed by atoms with van der Waals surface area (Å²) in [6.45, 7) is 3.25. The number of nitrogens with one attached hydrogen (secondary N) is 1. The summed E-state index contributed by atoms with van der Waals surface area (Å²) in [5.41, 5.74) is 3.89. The van der Waals surface area contributed by atoms with E-state index in [-0.39, 0.29) is 24.2 Å². The smallest absolute Gasteiger partial charge is 0.256 e. The highest BCUT2D eigenvalue weighted by molar-refractivity contribution is 6.00. The van der Waals surface area contributed by atoms with Gasteiger partial charge < -0.3 is 19.7 Å². The Morgan fingerprint density at radius 2 is 2.14 bits per heavy atom. The lowest BCUT2D eigenvalue weighted by Gasteiger charge is -2.30. The van der Waals surface area contributed by atoms with Crippen LogP contribution in [0.5, 0.6) is 0 Å². The van der Waals surface area contributed by atoms with E-state index in [1.165, 1.54) is 0 Å². The van der Waals surface area contributed by atoms with Crippen molar-refractivity contribution >= 4 is 23.1 Å². The van der Waals surface area contributed by atoms with Gasteiger partial charge in [0.1, 0.15) is 11.9 Å². The molecular formula is C23H27N3O3. The standard InChI is InChI=1S/C23H27N3O3/c1-15-7-10-20(29-15)16-8-9-18-19(13-16)26(23(27)21-6-2-3-12-28-21)14-17-5-4-11-24-22(17)25-18/h4-5,8-9,11,13,15,20-21H,2-3,6-7,10,12,14H2,1H3,(H,24,25)/t15?,20?,21-/m1/s1. The summed E-state index contributed by atoms with van der Waals surface area (Å²) in [6, 6.07) is 10.2. The molecule has 0 aliphatic carbocycles. The van der Waals surface area contributed by atoms with Crippen LogP contribution in [0.2, 0.25) is 0 Å². The number of hydrogen-bond donors (Lipinski definition) is 1. The Kier molecular flexibility index (Phi) is 4.97. The van der Waals surface area contributed by atoms with Crippen molar-refractivity contribution < 1.29 is 14.3 Å². The minimum absolute atomic E-state index is 0.0299. The first-order valence-corrected chi connectivity index (χ1v) is 10.6. The molecule has 1 N–H and O–H groups in total. The number of anilines is 3. The van der Waals surface area contributed by atoms with Gasteiger partial charge in [0.15, 0.2) is 0 Å². The van der Waals surface area contributed by atoms with Gasteiger partial charge in [-0.3, -0.25) is 4.79 Å². The number of carbonyl (C=O) groups is 1. The van der Waals surface area contributed by atoms with Crippen LogP contribution in [0.4, 0.5) is 17.2 Å². The van der Waals surface area contributed by atoms with Gasteiger partial charge in [0, 0.05) is 18.4 Å². The van der Waals surface area contributed by atoms with Gasteiger partial charge in [-0.1, -0.05) is 12.1 Å². The van der Waals surface area contributed by atoms with E-state index in [9.17, 15) is 4.79 Å². The van der Waals surface area contributed by atoms with Crippen LogP contribution < -0.4 is 10.2 Å². The van der Waals surface area contributed by atoms with E-state index >= 15 is 0 Å². The second-order valence-electron chi connectivity index (χ2n) is 8.21. The van der Waals surface area contributed by atoms with E-state index < -0.39 is 0 Å². The van der Waals surface area contributed by atoms with Gasteiger partial charge in [0.2, 0.25) is 0 Å². The van der Waals surface area contributed by atoms with E-state index in [0.717, 1.165) is 60.4 Å². The third-order valence-electron chi connectivity index (χ3n) is 6.11. The summed E-state index contributed by atoms with van der Waals surface area (Å²) in [7, 11) is 0. The summed E-state index contributed by atoms with van der Waals surface area (Å²) in [5, 5.41) is 3.43. The number of aromatic nitrogens is 1. The molecule has 0 radical (unpaired) electrons. The zero-order valence-corrected chi connectivity index (χ0v) is 16.8. The second-order valence-corrected chi connectivity index (χ2v) is 8.21. The minimum atomic E-state index is -0.374. The molecule has 6 nitrogen and oxygen atoms in total. The molecular weight excluding hydrogens is 366 g/mol. The first-order chi connectivity index (χ1) is 14.2. The summed E-state index contributed by atoms with van der Waals surface area (Å²) in [6.07, 6.45) is 6.66. The monoisotopic (exact) mass is 393 g/mol. The average molecular weight is 393 g/mol. The average Bonchev–Trinajstić information content (AvgIpc) is 3.12. The lowest BCUT2D eigenvalue weighted by Crippen LogP contribution is -2.41. The van der Waals surface area contributed by atoms with Crippen LogP contribution in [-0.4, -0.2) is 29.7 Å². The molecule has 0 bridgehead atoms. The molecule has 5 rings (SSSR count). The number of pyridine rings is 1. The molecule has 1 amide bonds. The SMILES string of the molecule is CC1CCC(c2ccc3c(c2)N(C(=O)[C@H]2CCCCO2)Cc2cccnc2N3)O1. The van der Waals surface area contributed by atoms with Crippen molar-refractivity contribution in [2.45, 2.75) is 63.9 Å². The number of ether oxygens (including phenoxy) is 2. The van der Waals surface area contributed by atoms with Crippen molar-refractivity contribution in [3.8, 4) is 0 Å². The van der Waals surface area contributed by atoms with E-state index in [2.05, 4.69) is 29.4 Å². The fourth-order valence-electron chi connectivity index (χ4n) is 4.49. The zero-order chi connectivity index (χ0) is 19.8. The van der Waals surface area contributed by atoms with Gasteiger partial charge in [0.05, 0.1) is 30.1 Å². The fraction of sp³-hybridized carbons (Fsp3) is 0.478. The molecule has 3 aliphatic heterocycles. The van der Waals surface area contributed by atoms with Gasteiger partial charge >= 0.3 is 0 Å². The maximum absolute atomic E-state index is 13.5. The van der Waals surface area contributed by atoms with Crippen LogP contribution in [0.15, 0.2) is 36.5 Å². The molecule has 0 spiro atoms. The van der Waals surface area contributed by atoms with Crippen molar-refractivity contribution in [2.24, 2.45) is 0 Å². The third kappa shape index (κ3) is 3.63. The number of nitrogens with zero attached hydrogens (tertiary/aromatic N) is 2. The van der Waals surface area contributed by atoms with Gasteiger partial charge in [0.25, 0.3) is 5.91 Å². The number of rotatable bonds is 2. The van der Waals surface area contributed by atoms with Crippen molar-refractivity contribution in [1.82, 2.24) is 4.98 Å². The molecule has 3 aliphatic rings. The predicted molar refractivity (Wildman–Crippen MR) is 111 cm³/mol. The molecule has 6 heteroatoms. The number of carbonyl (C=O) groups excluding carboxylic acids is 1. The molecule has 3 atom stereocenters. The highest BCUT2D eigenvalue weighted by atomic mass is 16.5. The summed E-state index contributed by atoms with van der Waals surface area (Å²) < 4.78 is 11.9. The Balaban J connectivity index is 1.54. The van der Waals surface area contributed by atoms with Crippen LogP contribution in [-0.2, 0) is 20.8 Å². The van der Waals surface area contributed by atoms with Crippen molar-refractivity contribution in [3.63, 3.8) is 0 Å². The number of amides is 1. The Bertz CT molecular complexity index is 910. The molecule has 29 heavy (non-hydrogen) atoms.